The summed E-state index contributed by atoms with van der Waals surface area (Å²) in [5, 5.41) is 0. The van der Waals surface area contributed by atoms with E-state index < -0.39 is 23.9 Å². The normalized spacial score (nSPS) is 14.2. The van der Waals surface area contributed by atoms with Gasteiger partial charge in [-0.1, -0.05) is 17.4 Å². The predicted octanol–water partition coefficient (Wildman–Crippen LogP) is 3.67. The Morgan fingerprint density at radius 2 is 1.70 bits per heavy atom. The van der Waals surface area contributed by atoms with E-state index in [1.54, 1.807) is 51.1 Å². The summed E-state index contributed by atoms with van der Waals surface area (Å²) in [7, 11) is 2.54. The van der Waals surface area contributed by atoms with Crippen LogP contribution in [0, 0.1) is 3.57 Å². The minimum atomic E-state index is -0.896. The molecule has 4 rings (SSSR count). The van der Waals surface area contributed by atoms with Crippen LogP contribution in [-0.4, -0.2) is 63.1 Å². The topological polar surface area (TPSA) is 141 Å². The van der Waals surface area contributed by atoms with Crippen molar-refractivity contribution in [1.82, 2.24) is 4.57 Å². The van der Waals surface area contributed by atoms with Gasteiger partial charge >= 0.3 is 17.9 Å². The second-order valence-corrected chi connectivity index (χ2v) is 12.5. The van der Waals surface area contributed by atoms with Crippen molar-refractivity contribution in [2.75, 3.05) is 40.6 Å². The lowest BCUT2D eigenvalue weighted by atomic mass is 9.95. The fourth-order valence-electron chi connectivity index (χ4n) is 4.53. The maximum atomic E-state index is 14.1. The van der Waals surface area contributed by atoms with Crippen molar-refractivity contribution in [3.8, 4) is 17.2 Å². The van der Waals surface area contributed by atoms with Crippen LogP contribution in [0.15, 0.2) is 55.9 Å². The highest BCUT2D eigenvalue weighted by Gasteiger charge is 2.34. The van der Waals surface area contributed by atoms with Gasteiger partial charge in [0.25, 0.3) is 5.56 Å². The summed E-state index contributed by atoms with van der Waals surface area (Å²) in [5.41, 5.74) is 1.48. The van der Waals surface area contributed by atoms with Crippen molar-refractivity contribution < 1.29 is 42.8 Å². The van der Waals surface area contributed by atoms with Crippen LogP contribution in [0.3, 0.4) is 0 Å². The van der Waals surface area contributed by atoms with Crippen LogP contribution in [-0.2, 0) is 28.6 Å². The van der Waals surface area contributed by atoms with E-state index in [1.807, 2.05) is 6.07 Å². The number of nitrogens with zero attached hydrogens (tertiary/aromatic N) is 2. The molecule has 0 saturated carbocycles. The number of allylic oxidation sites excluding steroid dienone is 1. The molecule has 244 valence electrons. The van der Waals surface area contributed by atoms with Crippen LogP contribution in [0.5, 0.6) is 17.2 Å². The molecule has 3 aromatic rings. The number of fused-ring (bicyclic) bond motifs is 1. The second kappa shape index (κ2) is 15.7. The van der Waals surface area contributed by atoms with Crippen molar-refractivity contribution in [2.45, 2.75) is 26.8 Å². The van der Waals surface area contributed by atoms with Gasteiger partial charge in [-0.25, -0.2) is 19.4 Å². The first-order valence-electron chi connectivity index (χ1n) is 13.9. The van der Waals surface area contributed by atoms with E-state index in [9.17, 15) is 19.2 Å². The van der Waals surface area contributed by atoms with Crippen LogP contribution in [0.1, 0.15) is 37.9 Å². The summed E-state index contributed by atoms with van der Waals surface area (Å²) in [4.78, 5) is 55.6. The molecule has 0 radical (unpaired) electrons. The summed E-state index contributed by atoms with van der Waals surface area (Å²) in [6, 6.07) is 7.66. The molecule has 0 bridgehead atoms. The average Bonchev–Trinajstić information content (AvgIpc) is 3.32. The zero-order valence-electron chi connectivity index (χ0n) is 25.5. The van der Waals surface area contributed by atoms with Crippen LogP contribution in [0.25, 0.3) is 6.08 Å². The molecule has 0 spiro atoms. The molecule has 0 fully saturated rings. The Hall–Kier alpha value is -3.70. The van der Waals surface area contributed by atoms with Crippen molar-refractivity contribution in [1.29, 1.82) is 0 Å². The first-order chi connectivity index (χ1) is 22.0. The maximum Gasteiger partial charge on any atom is 0.343 e. The minimum absolute atomic E-state index is 0.129. The first kappa shape index (κ1) is 35.2. The second-order valence-electron chi connectivity index (χ2n) is 9.48. The van der Waals surface area contributed by atoms with Crippen molar-refractivity contribution in [3.63, 3.8) is 0 Å². The molecule has 1 aliphatic rings. The number of aromatic nitrogens is 1. The van der Waals surface area contributed by atoms with Gasteiger partial charge in [-0.2, -0.15) is 0 Å². The number of hydrogen-bond donors (Lipinski definition) is 0. The maximum absolute atomic E-state index is 14.1. The van der Waals surface area contributed by atoms with E-state index in [2.05, 4.69) is 53.0 Å². The highest BCUT2D eigenvalue weighted by molar-refractivity contribution is 14.1. The van der Waals surface area contributed by atoms with Gasteiger partial charge in [-0.15, -0.1) is 0 Å². The number of carbonyl (C=O) groups is 3. The molecule has 0 N–H and O–H groups in total. The molecule has 1 aromatic heterocycles. The lowest BCUT2D eigenvalue weighted by molar-refractivity contribution is -0.143. The van der Waals surface area contributed by atoms with Crippen molar-refractivity contribution in [2.24, 2.45) is 4.99 Å². The SMILES string of the molecule is CCOC(=O)C1=C(C)N=c2s/c(=C\c3cc(Br)c(OCC(=O)OC)c(I)c3)c(=O)n2[C@@H]1c1ccc(OCC(=O)OC)c(OCC)c1. The number of methoxy groups -OCH3 is 2. The van der Waals surface area contributed by atoms with E-state index in [4.69, 9.17) is 18.9 Å². The molecule has 1 atom stereocenters. The average molecular weight is 829 g/mol. The lowest BCUT2D eigenvalue weighted by Gasteiger charge is -2.25. The van der Waals surface area contributed by atoms with E-state index in [-0.39, 0.29) is 31.0 Å². The number of esters is 3. The summed E-state index contributed by atoms with van der Waals surface area (Å²) >= 11 is 6.74. The number of carbonyl (C=O) groups excluding carboxylic acids is 3. The third-order valence-corrected chi connectivity index (χ3v) is 8.93. The summed E-state index contributed by atoms with van der Waals surface area (Å²) in [5.74, 6) is -0.612. The zero-order chi connectivity index (χ0) is 33.5. The highest BCUT2D eigenvalue weighted by atomic mass is 127. The molecule has 0 unspecified atom stereocenters. The molecular weight excluding hydrogens is 799 g/mol. The van der Waals surface area contributed by atoms with Gasteiger partial charge in [-0.3, -0.25) is 9.36 Å². The molecule has 0 aliphatic carbocycles. The van der Waals surface area contributed by atoms with Gasteiger partial charge < -0.3 is 28.4 Å². The number of benzene rings is 2. The standard InChI is InChI=1S/C31H30BrIN2O10S/c1-6-42-22-13-18(8-9-21(22)44-14-24(36)40-4)27-26(30(39)43-7-2)16(3)34-31-35(27)29(38)23(46-31)12-17-10-19(32)28(20(33)11-17)45-15-25(37)41-5/h8-13,27H,6-7,14-15H2,1-5H3/b23-12-/t27-/m1/s1. The van der Waals surface area contributed by atoms with Gasteiger partial charge in [0.15, 0.2) is 29.5 Å². The largest absolute Gasteiger partial charge is 0.490 e. The first-order valence-corrected chi connectivity index (χ1v) is 16.6. The number of thiazole rings is 1. The monoisotopic (exact) mass is 828 g/mol. The third-order valence-electron chi connectivity index (χ3n) is 6.55. The van der Waals surface area contributed by atoms with E-state index >= 15 is 0 Å². The van der Waals surface area contributed by atoms with Crippen molar-refractivity contribution >= 4 is 73.8 Å². The number of rotatable bonds is 12. The Morgan fingerprint density at radius 3 is 2.33 bits per heavy atom. The highest BCUT2D eigenvalue weighted by Crippen LogP contribution is 2.37. The number of ether oxygens (including phenoxy) is 6. The molecule has 2 aromatic carbocycles. The van der Waals surface area contributed by atoms with E-state index in [0.717, 1.165) is 0 Å². The van der Waals surface area contributed by atoms with Gasteiger partial charge in [0.05, 0.1) is 57.3 Å². The van der Waals surface area contributed by atoms with Crippen LogP contribution in [0.2, 0.25) is 0 Å². The molecule has 0 amide bonds. The Balaban J connectivity index is 1.85. The Morgan fingerprint density at radius 1 is 1.00 bits per heavy atom. The summed E-state index contributed by atoms with van der Waals surface area (Å²) in [6.07, 6.45) is 1.72. The van der Waals surface area contributed by atoms with Crippen LogP contribution < -0.4 is 29.1 Å². The Bertz CT molecular complexity index is 1860. The van der Waals surface area contributed by atoms with Gasteiger partial charge in [0.1, 0.15) is 5.75 Å². The van der Waals surface area contributed by atoms with Gasteiger partial charge in [0.2, 0.25) is 0 Å². The fraction of sp³-hybridized carbons (Fsp3) is 0.323. The van der Waals surface area contributed by atoms with Gasteiger partial charge in [-0.05, 0) is 101 Å². The minimum Gasteiger partial charge on any atom is -0.490 e. The fourth-order valence-corrected chi connectivity index (χ4v) is 7.34. The molecule has 12 nitrogen and oxygen atoms in total. The smallest absolute Gasteiger partial charge is 0.343 e. The summed E-state index contributed by atoms with van der Waals surface area (Å²) in [6.45, 7) is 5.03. The van der Waals surface area contributed by atoms with E-state index in [0.29, 0.717) is 58.1 Å². The molecule has 0 saturated heterocycles. The molecule has 2 heterocycles. The quantitative estimate of drug-likeness (QED) is 0.151. The van der Waals surface area contributed by atoms with Crippen molar-refractivity contribution in [3.05, 3.63) is 80.5 Å². The number of halogens is 2. The van der Waals surface area contributed by atoms with E-state index in [1.165, 1.54) is 30.1 Å². The zero-order valence-corrected chi connectivity index (χ0v) is 30.1. The predicted molar refractivity (Wildman–Crippen MR) is 180 cm³/mol. The molecule has 15 heteroatoms. The molecule has 46 heavy (non-hydrogen) atoms. The Kier molecular flexibility index (Phi) is 12.0. The summed E-state index contributed by atoms with van der Waals surface area (Å²) < 4.78 is 34.8. The Labute approximate surface area is 289 Å². The molecular formula is C31H30BrIN2O10S. The third kappa shape index (κ3) is 7.81. The number of hydrogen-bond acceptors (Lipinski definition) is 12. The van der Waals surface area contributed by atoms with Crippen LogP contribution >= 0.6 is 49.9 Å². The lowest BCUT2D eigenvalue weighted by Crippen LogP contribution is -2.40. The van der Waals surface area contributed by atoms with Crippen LogP contribution in [0.4, 0.5) is 0 Å². The van der Waals surface area contributed by atoms with Gasteiger partial charge in [0, 0.05) is 0 Å². The molecule has 1 aliphatic heterocycles.